The van der Waals surface area contributed by atoms with Crippen LogP contribution in [0.2, 0.25) is 0 Å². The van der Waals surface area contributed by atoms with Crippen LogP contribution in [0.15, 0.2) is 0 Å². The molecule has 0 aliphatic heterocycles. The molecule has 0 unspecified atom stereocenters. The number of hydrogen-bond acceptors (Lipinski definition) is 4. The van der Waals surface area contributed by atoms with Crippen molar-refractivity contribution in [1.82, 2.24) is 4.72 Å². The Labute approximate surface area is 140 Å². The van der Waals surface area contributed by atoms with Crippen molar-refractivity contribution in [3.63, 3.8) is 0 Å². The highest BCUT2D eigenvalue weighted by atomic mass is 32.2. The lowest BCUT2D eigenvalue weighted by molar-refractivity contribution is -0.128. The van der Waals surface area contributed by atoms with Crippen molar-refractivity contribution >= 4 is 15.8 Å². The Morgan fingerprint density at radius 2 is 1.96 bits per heavy atom. The van der Waals surface area contributed by atoms with Crippen LogP contribution >= 0.6 is 0 Å². The molecule has 2 atom stereocenters. The fraction of sp³-hybridized carbons (Fsp3) is 0.941. The SMILES string of the molecule is CCCCOCCCNS(=O)(=O)C[C@]12CC[C@@H](CC1=O)C2(C)C. The topological polar surface area (TPSA) is 72.5 Å². The quantitative estimate of drug-likeness (QED) is 0.618. The maximum atomic E-state index is 12.4. The average Bonchev–Trinajstić information content (AvgIpc) is 2.80. The minimum atomic E-state index is -3.44. The Balaban J connectivity index is 1.83. The molecule has 134 valence electrons. The summed E-state index contributed by atoms with van der Waals surface area (Å²) in [6.45, 7) is 7.91. The van der Waals surface area contributed by atoms with E-state index in [1.165, 1.54) is 0 Å². The predicted molar refractivity (Wildman–Crippen MR) is 90.7 cm³/mol. The minimum absolute atomic E-state index is 0.0565. The van der Waals surface area contributed by atoms with E-state index in [0.29, 0.717) is 38.3 Å². The zero-order valence-corrected chi connectivity index (χ0v) is 15.5. The third-order valence-corrected chi connectivity index (χ3v) is 7.52. The third-order valence-electron chi connectivity index (χ3n) is 6.01. The average molecular weight is 346 g/mol. The maximum Gasteiger partial charge on any atom is 0.212 e. The molecule has 2 rings (SSSR count). The van der Waals surface area contributed by atoms with E-state index in [2.05, 4.69) is 25.5 Å². The van der Waals surface area contributed by atoms with Gasteiger partial charge in [0.05, 0.1) is 5.75 Å². The lowest BCUT2D eigenvalue weighted by atomic mass is 9.70. The number of carbonyl (C=O) groups excluding carboxylic acids is 1. The number of hydrogen-bond donors (Lipinski definition) is 1. The predicted octanol–water partition coefficient (Wildman–Crippen LogP) is 2.51. The van der Waals surface area contributed by atoms with Gasteiger partial charge < -0.3 is 4.74 Å². The van der Waals surface area contributed by atoms with Gasteiger partial charge in [-0.3, -0.25) is 4.79 Å². The molecule has 0 saturated heterocycles. The minimum Gasteiger partial charge on any atom is -0.381 e. The number of rotatable bonds is 10. The summed E-state index contributed by atoms with van der Waals surface area (Å²) < 4.78 is 33.0. The van der Waals surface area contributed by atoms with E-state index in [-0.39, 0.29) is 17.0 Å². The highest BCUT2D eigenvalue weighted by Gasteiger charge is 2.65. The lowest BCUT2D eigenvalue weighted by Crippen LogP contribution is -2.45. The van der Waals surface area contributed by atoms with Crippen molar-refractivity contribution in [2.45, 2.75) is 59.3 Å². The summed E-state index contributed by atoms with van der Waals surface area (Å²) >= 11 is 0. The summed E-state index contributed by atoms with van der Waals surface area (Å²) in [5.74, 6) is 0.433. The molecule has 2 aliphatic rings. The molecule has 6 heteroatoms. The van der Waals surface area contributed by atoms with Crippen LogP contribution in [0.1, 0.15) is 59.3 Å². The van der Waals surface area contributed by atoms with E-state index in [1.807, 2.05) is 0 Å². The van der Waals surface area contributed by atoms with Gasteiger partial charge in [-0.2, -0.15) is 0 Å². The molecule has 2 bridgehead atoms. The van der Waals surface area contributed by atoms with Gasteiger partial charge in [-0.25, -0.2) is 13.1 Å². The summed E-state index contributed by atoms with van der Waals surface area (Å²) in [5.41, 5.74) is -0.886. The van der Waals surface area contributed by atoms with E-state index < -0.39 is 15.4 Å². The molecule has 0 aromatic carbocycles. The van der Waals surface area contributed by atoms with Crippen molar-refractivity contribution in [2.75, 3.05) is 25.5 Å². The van der Waals surface area contributed by atoms with Crippen LogP contribution in [0, 0.1) is 16.7 Å². The van der Waals surface area contributed by atoms with Crippen LogP contribution < -0.4 is 4.72 Å². The highest BCUT2D eigenvalue weighted by Crippen LogP contribution is 2.64. The number of Topliss-reactive ketones (excluding diaryl/α,β-unsaturated/α-hetero) is 1. The number of nitrogens with one attached hydrogen (secondary N) is 1. The standard InChI is InChI=1S/C17H31NO4S/c1-4-5-10-22-11-6-9-18-23(20,21)13-17-8-7-14(12-15(17)19)16(17,2)3/h14,18H,4-13H2,1-3H3/t14-,17+/m0/s1. The zero-order valence-electron chi connectivity index (χ0n) is 14.7. The van der Waals surface area contributed by atoms with Crippen molar-refractivity contribution in [3.8, 4) is 0 Å². The summed E-state index contributed by atoms with van der Waals surface area (Å²) in [6.07, 6.45) is 5.03. The first-order chi connectivity index (χ1) is 10.8. The van der Waals surface area contributed by atoms with E-state index >= 15 is 0 Å². The number of ketones is 1. The second-order valence-corrected chi connectivity index (χ2v) is 9.45. The van der Waals surface area contributed by atoms with E-state index in [0.717, 1.165) is 25.9 Å². The summed E-state index contributed by atoms with van der Waals surface area (Å²) in [6, 6.07) is 0. The second kappa shape index (κ2) is 7.19. The molecule has 1 N–H and O–H groups in total. The lowest BCUT2D eigenvalue weighted by Gasteiger charge is -2.36. The molecule has 2 saturated carbocycles. The fourth-order valence-corrected chi connectivity index (χ4v) is 6.12. The molecule has 0 heterocycles. The van der Waals surface area contributed by atoms with E-state index in [1.54, 1.807) is 0 Å². The van der Waals surface area contributed by atoms with Crippen LogP contribution in [0.4, 0.5) is 0 Å². The fourth-order valence-electron chi connectivity index (χ4n) is 4.23. The second-order valence-electron chi connectivity index (χ2n) is 7.64. The molecule has 0 amide bonds. The van der Waals surface area contributed by atoms with E-state index in [9.17, 15) is 13.2 Å². The van der Waals surface area contributed by atoms with Crippen molar-refractivity contribution < 1.29 is 17.9 Å². The van der Waals surface area contributed by atoms with Crippen LogP contribution in [-0.4, -0.2) is 39.7 Å². The molecule has 5 nitrogen and oxygen atoms in total. The van der Waals surface area contributed by atoms with Gasteiger partial charge in [0, 0.05) is 31.6 Å². The molecule has 2 fully saturated rings. The Hall–Kier alpha value is -0.460. The number of sulfonamides is 1. The van der Waals surface area contributed by atoms with Gasteiger partial charge in [0.15, 0.2) is 0 Å². The van der Waals surface area contributed by atoms with Crippen LogP contribution in [0.5, 0.6) is 0 Å². The van der Waals surface area contributed by atoms with Crippen molar-refractivity contribution in [1.29, 1.82) is 0 Å². The Morgan fingerprint density at radius 3 is 2.52 bits per heavy atom. The van der Waals surface area contributed by atoms with Gasteiger partial charge in [0.1, 0.15) is 5.78 Å². The van der Waals surface area contributed by atoms with Gasteiger partial charge in [-0.05, 0) is 37.0 Å². The monoisotopic (exact) mass is 345 g/mol. The molecular formula is C17H31NO4S. The maximum absolute atomic E-state index is 12.4. The third kappa shape index (κ3) is 3.80. The van der Waals surface area contributed by atoms with Crippen molar-refractivity contribution in [2.24, 2.45) is 16.7 Å². The Morgan fingerprint density at radius 1 is 1.26 bits per heavy atom. The summed E-state index contributed by atoms with van der Waals surface area (Å²) in [4.78, 5) is 12.4. The first-order valence-corrected chi connectivity index (χ1v) is 10.5. The van der Waals surface area contributed by atoms with Crippen LogP contribution in [0.3, 0.4) is 0 Å². The van der Waals surface area contributed by atoms with Gasteiger partial charge >= 0.3 is 0 Å². The molecule has 2 aliphatic carbocycles. The molecular weight excluding hydrogens is 314 g/mol. The summed E-state index contributed by atoms with van der Waals surface area (Å²) in [7, 11) is -3.44. The van der Waals surface area contributed by atoms with Crippen LogP contribution in [-0.2, 0) is 19.6 Å². The molecule has 0 radical (unpaired) electrons. The molecule has 23 heavy (non-hydrogen) atoms. The van der Waals surface area contributed by atoms with Gasteiger partial charge in [0.25, 0.3) is 0 Å². The van der Waals surface area contributed by atoms with E-state index in [4.69, 9.17) is 4.74 Å². The summed E-state index contributed by atoms with van der Waals surface area (Å²) in [5, 5.41) is 0. The normalized spacial score (nSPS) is 29.3. The van der Waals surface area contributed by atoms with Gasteiger partial charge in [-0.15, -0.1) is 0 Å². The Bertz CT molecular complexity index is 529. The highest BCUT2D eigenvalue weighted by molar-refractivity contribution is 7.89. The number of unbranched alkanes of at least 4 members (excludes halogenated alkanes) is 1. The first kappa shape index (κ1) is 18.9. The molecule has 0 aromatic rings. The number of ether oxygens (including phenoxy) is 1. The van der Waals surface area contributed by atoms with Crippen LogP contribution in [0.25, 0.3) is 0 Å². The van der Waals surface area contributed by atoms with Crippen molar-refractivity contribution in [3.05, 3.63) is 0 Å². The zero-order chi connectivity index (χ0) is 17.1. The molecule has 0 aromatic heterocycles. The largest absolute Gasteiger partial charge is 0.381 e. The number of fused-ring (bicyclic) bond motifs is 2. The first-order valence-electron chi connectivity index (χ1n) is 8.83. The van der Waals surface area contributed by atoms with Gasteiger partial charge in [-0.1, -0.05) is 27.2 Å². The number of carbonyl (C=O) groups is 1. The molecule has 0 spiro atoms. The Kier molecular flexibility index (Phi) is 5.90. The smallest absolute Gasteiger partial charge is 0.212 e. The van der Waals surface area contributed by atoms with Gasteiger partial charge in [0.2, 0.25) is 10.0 Å².